The smallest absolute Gasteiger partial charge is 0.443 e. The van der Waals surface area contributed by atoms with E-state index in [4.69, 9.17) is 5.11 Å². The molecule has 0 aromatic carbocycles. The predicted octanol–water partition coefficient (Wildman–Crippen LogP) is 2.49. The molecule has 0 aliphatic carbocycles. The van der Waals surface area contributed by atoms with Crippen LogP contribution in [0.3, 0.4) is 0 Å². The molecular weight excluding hydrogens is 297 g/mol. The Morgan fingerprint density at radius 2 is 2.05 bits per heavy atom. The van der Waals surface area contributed by atoms with E-state index < -0.39 is 23.1 Å². The number of carboxylic acid groups (broad SMARTS) is 1. The maximum Gasteiger partial charge on any atom is 0.443 e. The van der Waals surface area contributed by atoms with E-state index in [0.29, 0.717) is 11.3 Å². The Balaban J connectivity index is 2.89. The summed E-state index contributed by atoms with van der Waals surface area (Å²) in [6, 6.07) is -0.335. The van der Waals surface area contributed by atoms with Crippen LogP contribution < -0.4 is 0 Å². The molecule has 0 saturated heterocycles. The van der Waals surface area contributed by atoms with E-state index >= 15 is 0 Å². The standard InChI is InChI=1S/C11H13F3N2O3S/c1-6(2)16(4-3-8(17)18)9(19)7-5-20-10(15-7)11(12,13)14/h5-6H,3-4H2,1-2H3,(H,17,18). The third-order valence-electron chi connectivity index (χ3n) is 2.42. The zero-order chi connectivity index (χ0) is 15.5. The van der Waals surface area contributed by atoms with Crippen molar-refractivity contribution in [2.24, 2.45) is 0 Å². The first-order valence-electron chi connectivity index (χ1n) is 5.68. The summed E-state index contributed by atoms with van der Waals surface area (Å²) < 4.78 is 37.3. The zero-order valence-electron chi connectivity index (χ0n) is 10.8. The van der Waals surface area contributed by atoms with Crippen LogP contribution in [0.25, 0.3) is 0 Å². The largest absolute Gasteiger partial charge is 0.481 e. The molecule has 9 heteroatoms. The number of hydrogen-bond donors (Lipinski definition) is 1. The first-order chi connectivity index (χ1) is 9.12. The Labute approximate surface area is 117 Å². The van der Waals surface area contributed by atoms with Crippen molar-refractivity contribution in [1.82, 2.24) is 9.88 Å². The van der Waals surface area contributed by atoms with Gasteiger partial charge in [0.1, 0.15) is 5.69 Å². The van der Waals surface area contributed by atoms with Crippen LogP contribution in [-0.2, 0) is 11.0 Å². The average Bonchev–Trinajstić information content (AvgIpc) is 2.76. The number of halogens is 3. The lowest BCUT2D eigenvalue weighted by Gasteiger charge is -2.25. The molecule has 20 heavy (non-hydrogen) atoms. The van der Waals surface area contributed by atoms with Crippen LogP contribution >= 0.6 is 11.3 Å². The van der Waals surface area contributed by atoms with Gasteiger partial charge in [-0.1, -0.05) is 0 Å². The molecule has 1 heterocycles. The number of amides is 1. The van der Waals surface area contributed by atoms with Crippen molar-refractivity contribution in [3.8, 4) is 0 Å². The molecule has 0 spiro atoms. The van der Waals surface area contributed by atoms with Crippen molar-refractivity contribution in [1.29, 1.82) is 0 Å². The van der Waals surface area contributed by atoms with E-state index in [1.54, 1.807) is 13.8 Å². The number of aliphatic carboxylic acids is 1. The van der Waals surface area contributed by atoms with E-state index in [0.717, 1.165) is 5.38 Å². The van der Waals surface area contributed by atoms with Gasteiger partial charge in [0.15, 0.2) is 5.01 Å². The van der Waals surface area contributed by atoms with Crippen molar-refractivity contribution >= 4 is 23.2 Å². The molecule has 112 valence electrons. The van der Waals surface area contributed by atoms with Crippen molar-refractivity contribution in [2.45, 2.75) is 32.5 Å². The van der Waals surface area contributed by atoms with Crippen LogP contribution in [0.2, 0.25) is 0 Å². The summed E-state index contributed by atoms with van der Waals surface area (Å²) in [6.45, 7) is 3.22. The minimum Gasteiger partial charge on any atom is -0.481 e. The van der Waals surface area contributed by atoms with Gasteiger partial charge in [0.05, 0.1) is 6.42 Å². The number of nitrogens with zero attached hydrogens (tertiary/aromatic N) is 2. The summed E-state index contributed by atoms with van der Waals surface area (Å²) in [5.41, 5.74) is -0.318. The number of carbonyl (C=O) groups is 2. The fourth-order valence-corrected chi connectivity index (χ4v) is 2.12. The van der Waals surface area contributed by atoms with Crippen LogP contribution in [0, 0.1) is 0 Å². The Kier molecular flexibility index (Phi) is 5.09. The van der Waals surface area contributed by atoms with Gasteiger partial charge in [-0.15, -0.1) is 11.3 Å². The number of carbonyl (C=O) groups excluding carboxylic acids is 1. The first kappa shape index (κ1) is 16.4. The lowest BCUT2D eigenvalue weighted by molar-refractivity contribution is -0.138. The van der Waals surface area contributed by atoms with E-state index in [1.807, 2.05) is 0 Å². The molecule has 1 amide bonds. The first-order valence-corrected chi connectivity index (χ1v) is 6.56. The van der Waals surface area contributed by atoms with Crippen LogP contribution in [0.15, 0.2) is 5.38 Å². The Hall–Kier alpha value is -1.64. The highest BCUT2D eigenvalue weighted by Gasteiger charge is 2.35. The number of hydrogen-bond acceptors (Lipinski definition) is 4. The average molecular weight is 310 g/mol. The van der Waals surface area contributed by atoms with E-state index in [1.165, 1.54) is 4.90 Å². The third kappa shape index (κ3) is 4.19. The summed E-state index contributed by atoms with van der Waals surface area (Å²) in [6.07, 6.45) is -4.87. The fourth-order valence-electron chi connectivity index (χ4n) is 1.46. The molecule has 0 aliphatic heterocycles. The molecule has 1 aromatic rings. The van der Waals surface area contributed by atoms with Crippen molar-refractivity contribution in [2.75, 3.05) is 6.54 Å². The molecule has 1 rings (SSSR count). The molecule has 5 nitrogen and oxygen atoms in total. The van der Waals surface area contributed by atoms with Crippen LogP contribution in [0.1, 0.15) is 35.8 Å². The summed E-state index contributed by atoms with van der Waals surface area (Å²) in [7, 11) is 0. The molecule has 1 N–H and O–H groups in total. The van der Waals surface area contributed by atoms with Gasteiger partial charge < -0.3 is 10.0 Å². The second-order valence-corrected chi connectivity index (χ2v) is 5.13. The number of thiazole rings is 1. The Morgan fingerprint density at radius 3 is 2.45 bits per heavy atom. The van der Waals surface area contributed by atoms with E-state index in [9.17, 15) is 22.8 Å². The minimum absolute atomic E-state index is 0.0787. The van der Waals surface area contributed by atoms with Gasteiger partial charge in [-0.3, -0.25) is 9.59 Å². The van der Waals surface area contributed by atoms with Gasteiger partial charge in [0.25, 0.3) is 5.91 Å². The van der Waals surface area contributed by atoms with Gasteiger partial charge in [-0.2, -0.15) is 13.2 Å². The zero-order valence-corrected chi connectivity index (χ0v) is 11.6. The maximum absolute atomic E-state index is 12.4. The number of carboxylic acids is 1. The highest BCUT2D eigenvalue weighted by Crippen LogP contribution is 2.31. The van der Waals surface area contributed by atoms with Gasteiger partial charge in [-0.25, -0.2) is 4.98 Å². The van der Waals surface area contributed by atoms with Gasteiger partial charge in [0.2, 0.25) is 0 Å². The third-order valence-corrected chi connectivity index (χ3v) is 3.30. The Bertz CT molecular complexity index is 499. The lowest BCUT2D eigenvalue weighted by Crippen LogP contribution is -2.38. The SMILES string of the molecule is CC(C)N(CCC(=O)O)C(=O)c1csc(C(F)(F)F)n1. The number of aromatic nitrogens is 1. The van der Waals surface area contributed by atoms with Crippen LogP contribution in [-0.4, -0.2) is 39.5 Å². The summed E-state index contributed by atoms with van der Waals surface area (Å²) in [5, 5.41) is 8.54. The van der Waals surface area contributed by atoms with Crippen molar-refractivity contribution < 1.29 is 27.9 Å². The highest BCUT2D eigenvalue weighted by atomic mass is 32.1. The molecule has 0 fully saturated rings. The van der Waals surface area contributed by atoms with Crippen LogP contribution in [0.5, 0.6) is 0 Å². The quantitative estimate of drug-likeness (QED) is 0.907. The normalized spacial score (nSPS) is 11.7. The minimum atomic E-state index is -4.59. The molecule has 0 aliphatic rings. The van der Waals surface area contributed by atoms with E-state index in [2.05, 4.69) is 4.98 Å². The van der Waals surface area contributed by atoms with Crippen molar-refractivity contribution in [3.05, 3.63) is 16.1 Å². The fraction of sp³-hybridized carbons (Fsp3) is 0.545. The summed E-state index contributed by atoms with van der Waals surface area (Å²) in [5.74, 6) is -1.79. The maximum atomic E-state index is 12.4. The van der Waals surface area contributed by atoms with Gasteiger partial charge in [0, 0.05) is 18.0 Å². The molecule has 0 atom stereocenters. The topological polar surface area (TPSA) is 70.5 Å². The summed E-state index contributed by atoms with van der Waals surface area (Å²) in [4.78, 5) is 27.0. The molecule has 0 bridgehead atoms. The molecule has 1 aromatic heterocycles. The lowest BCUT2D eigenvalue weighted by atomic mass is 10.2. The Morgan fingerprint density at radius 1 is 1.45 bits per heavy atom. The molecule has 0 radical (unpaired) electrons. The predicted molar refractivity (Wildman–Crippen MR) is 65.5 cm³/mol. The van der Waals surface area contributed by atoms with E-state index in [-0.39, 0.29) is 24.7 Å². The monoisotopic (exact) mass is 310 g/mol. The number of alkyl halides is 3. The highest BCUT2D eigenvalue weighted by molar-refractivity contribution is 7.09. The van der Waals surface area contributed by atoms with Crippen LogP contribution in [0.4, 0.5) is 13.2 Å². The molecular formula is C11H13F3N2O3S. The second kappa shape index (κ2) is 6.21. The number of rotatable bonds is 5. The summed E-state index contributed by atoms with van der Waals surface area (Å²) >= 11 is 0.338. The van der Waals surface area contributed by atoms with Crippen molar-refractivity contribution in [3.63, 3.8) is 0 Å². The molecule has 0 unspecified atom stereocenters. The second-order valence-electron chi connectivity index (χ2n) is 4.27. The molecule has 0 saturated carbocycles. The van der Waals surface area contributed by atoms with Gasteiger partial charge in [-0.05, 0) is 13.8 Å². The van der Waals surface area contributed by atoms with Gasteiger partial charge >= 0.3 is 12.1 Å².